The molecule has 1 aromatic carbocycles. The third kappa shape index (κ3) is 3.54. The monoisotopic (exact) mass is 303 g/mol. The van der Waals surface area contributed by atoms with E-state index in [1.54, 1.807) is 4.90 Å². The Morgan fingerprint density at radius 1 is 1.36 bits per heavy atom. The lowest BCUT2D eigenvalue weighted by molar-refractivity contribution is -0.147. The van der Waals surface area contributed by atoms with Crippen LogP contribution in [-0.2, 0) is 22.6 Å². The first-order chi connectivity index (χ1) is 10.6. The van der Waals surface area contributed by atoms with Crippen molar-refractivity contribution in [3.05, 3.63) is 48.0 Å². The Labute approximate surface area is 129 Å². The quantitative estimate of drug-likeness (QED) is 0.783. The van der Waals surface area contributed by atoms with Gasteiger partial charge in [-0.1, -0.05) is 30.3 Å². The molecule has 22 heavy (non-hydrogen) atoms. The van der Waals surface area contributed by atoms with Gasteiger partial charge < -0.3 is 15.1 Å². The number of carboxylic acids is 1. The number of benzene rings is 1. The Hall–Kier alpha value is -2.14. The summed E-state index contributed by atoms with van der Waals surface area (Å²) in [6.07, 6.45) is 2.30. The van der Waals surface area contributed by atoms with Crippen LogP contribution in [0.3, 0.4) is 0 Å². The zero-order valence-electron chi connectivity index (χ0n) is 12.4. The van der Waals surface area contributed by atoms with E-state index in [2.05, 4.69) is 6.58 Å². The minimum Gasteiger partial charge on any atom is -0.481 e. The number of aliphatic hydroxyl groups excluding tert-OH is 1. The molecule has 0 spiro atoms. The van der Waals surface area contributed by atoms with Gasteiger partial charge in [0.1, 0.15) is 0 Å². The highest BCUT2D eigenvalue weighted by Gasteiger charge is 2.31. The average molecular weight is 303 g/mol. The lowest BCUT2D eigenvalue weighted by Crippen LogP contribution is -2.47. The van der Waals surface area contributed by atoms with Crippen molar-refractivity contribution in [2.24, 2.45) is 5.92 Å². The van der Waals surface area contributed by atoms with Gasteiger partial charge in [-0.2, -0.15) is 0 Å². The number of hydrogen-bond acceptors (Lipinski definition) is 3. The minimum absolute atomic E-state index is 0.0694. The number of carboxylic acid groups (broad SMARTS) is 1. The Morgan fingerprint density at radius 3 is 2.64 bits per heavy atom. The van der Waals surface area contributed by atoms with Crippen LogP contribution in [0.4, 0.5) is 0 Å². The molecule has 0 aromatic heterocycles. The predicted molar refractivity (Wildman–Crippen MR) is 82.1 cm³/mol. The Kier molecular flexibility index (Phi) is 5.33. The summed E-state index contributed by atoms with van der Waals surface area (Å²) in [7, 11) is 0. The number of amides is 1. The van der Waals surface area contributed by atoms with Crippen molar-refractivity contribution in [3.63, 3.8) is 0 Å². The second kappa shape index (κ2) is 7.22. The fourth-order valence-corrected chi connectivity index (χ4v) is 2.84. The highest BCUT2D eigenvalue weighted by Crippen LogP contribution is 2.25. The molecule has 2 rings (SSSR count). The van der Waals surface area contributed by atoms with Gasteiger partial charge in [-0.05, 0) is 24.0 Å². The lowest BCUT2D eigenvalue weighted by atomic mass is 9.93. The summed E-state index contributed by atoms with van der Waals surface area (Å²) in [5.74, 6) is -1.99. The maximum Gasteiger partial charge on any atom is 0.307 e. The van der Waals surface area contributed by atoms with Crippen LogP contribution >= 0.6 is 0 Å². The molecule has 1 aliphatic rings. The smallest absolute Gasteiger partial charge is 0.307 e. The molecule has 1 amide bonds. The molecular formula is C17H21NO4. The fraction of sp³-hybridized carbons (Fsp3) is 0.412. The van der Waals surface area contributed by atoms with E-state index in [1.165, 1.54) is 6.08 Å². The van der Waals surface area contributed by atoms with E-state index in [0.29, 0.717) is 13.0 Å². The van der Waals surface area contributed by atoms with E-state index in [4.69, 9.17) is 5.11 Å². The van der Waals surface area contributed by atoms with E-state index >= 15 is 0 Å². The van der Waals surface area contributed by atoms with Crippen LogP contribution in [0.2, 0.25) is 0 Å². The number of carbonyl (C=O) groups is 2. The molecule has 5 heteroatoms. The molecule has 1 heterocycles. The highest BCUT2D eigenvalue weighted by molar-refractivity contribution is 5.83. The van der Waals surface area contributed by atoms with Crippen LogP contribution in [0.25, 0.3) is 0 Å². The van der Waals surface area contributed by atoms with Gasteiger partial charge in [0.05, 0.1) is 18.6 Å². The number of carbonyl (C=O) groups excluding carboxylic acids is 1. The van der Waals surface area contributed by atoms with Crippen molar-refractivity contribution in [3.8, 4) is 0 Å². The summed E-state index contributed by atoms with van der Waals surface area (Å²) in [4.78, 5) is 25.3. The standard InChI is InChI=1S/C17H21NO4/c1-2-5-13(17(21)22)9-16(20)18-10-14-7-4-3-6-12(14)8-15(18)11-19/h2-4,6-7,13,15,19H,1,5,8-11H2,(H,21,22)/t13-,15+/m1/s1. The first-order valence-corrected chi connectivity index (χ1v) is 7.37. The molecule has 0 aliphatic carbocycles. The maximum absolute atomic E-state index is 12.5. The van der Waals surface area contributed by atoms with Crippen LogP contribution in [-0.4, -0.2) is 39.6 Å². The van der Waals surface area contributed by atoms with Crippen LogP contribution in [0.5, 0.6) is 0 Å². The van der Waals surface area contributed by atoms with Crippen molar-refractivity contribution < 1.29 is 19.8 Å². The second-order valence-corrected chi connectivity index (χ2v) is 5.59. The van der Waals surface area contributed by atoms with Crippen molar-refractivity contribution in [2.45, 2.75) is 31.8 Å². The second-order valence-electron chi connectivity index (χ2n) is 5.59. The number of allylic oxidation sites excluding steroid dienone is 1. The minimum atomic E-state index is -0.994. The van der Waals surface area contributed by atoms with Crippen molar-refractivity contribution in [1.82, 2.24) is 4.90 Å². The highest BCUT2D eigenvalue weighted by atomic mass is 16.4. The van der Waals surface area contributed by atoms with E-state index in [0.717, 1.165) is 11.1 Å². The van der Waals surface area contributed by atoms with Gasteiger partial charge in [-0.3, -0.25) is 9.59 Å². The van der Waals surface area contributed by atoms with Gasteiger partial charge in [-0.25, -0.2) is 0 Å². The molecule has 1 aliphatic heterocycles. The summed E-state index contributed by atoms with van der Waals surface area (Å²) < 4.78 is 0. The zero-order valence-corrected chi connectivity index (χ0v) is 12.4. The number of rotatable bonds is 6. The maximum atomic E-state index is 12.5. The number of nitrogens with zero attached hydrogens (tertiary/aromatic N) is 1. The zero-order chi connectivity index (χ0) is 16.1. The molecule has 118 valence electrons. The van der Waals surface area contributed by atoms with Gasteiger partial charge in [-0.15, -0.1) is 6.58 Å². The Morgan fingerprint density at radius 2 is 2.05 bits per heavy atom. The van der Waals surface area contributed by atoms with E-state index in [1.807, 2.05) is 24.3 Å². The normalized spacial score (nSPS) is 18.4. The van der Waals surface area contributed by atoms with Gasteiger partial charge in [0.25, 0.3) is 0 Å². The number of fused-ring (bicyclic) bond motifs is 1. The van der Waals surface area contributed by atoms with E-state index in [9.17, 15) is 14.7 Å². The molecular weight excluding hydrogens is 282 g/mol. The number of hydrogen-bond donors (Lipinski definition) is 2. The fourth-order valence-electron chi connectivity index (χ4n) is 2.84. The van der Waals surface area contributed by atoms with Gasteiger partial charge in [0.15, 0.2) is 0 Å². The summed E-state index contributed by atoms with van der Waals surface area (Å²) in [5.41, 5.74) is 2.18. The Bertz CT molecular complexity index is 570. The molecule has 0 bridgehead atoms. The lowest BCUT2D eigenvalue weighted by Gasteiger charge is -2.36. The molecule has 5 nitrogen and oxygen atoms in total. The van der Waals surface area contributed by atoms with Gasteiger partial charge in [0, 0.05) is 13.0 Å². The summed E-state index contributed by atoms with van der Waals surface area (Å²) >= 11 is 0. The van der Waals surface area contributed by atoms with E-state index < -0.39 is 11.9 Å². The molecule has 0 radical (unpaired) electrons. The summed E-state index contributed by atoms with van der Waals surface area (Å²) in [5, 5.41) is 18.7. The molecule has 1 aromatic rings. The topological polar surface area (TPSA) is 77.8 Å². The van der Waals surface area contributed by atoms with Gasteiger partial charge >= 0.3 is 5.97 Å². The first kappa shape index (κ1) is 16.2. The van der Waals surface area contributed by atoms with Crippen LogP contribution in [0.15, 0.2) is 36.9 Å². The van der Waals surface area contributed by atoms with Crippen LogP contribution < -0.4 is 0 Å². The molecule has 2 atom stereocenters. The summed E-state index contributed by atoms with van der Waals surface area (Å²) in [6, 6.07) is 7.52. The van der Waals surface area contributed by atoms with Crippen molar-refractivity contribution in [2.75, 3.05) is 6.61 Å². The molecule has 0 saturated heterocycles. The predicted octanol–water partition coefficient (Wildman–Crippen LogP) is 1.60. The third-order valence-corrected chi connectivity index (χ3v) is 4.11. The molecule has 0 saturated carbocycles. The molecule has 2 N–H and O–H groups in total. The summed E-state index contributed by atoms with van der Waals surface area (Å²) in [6.45, 7) is 3.83. The van der Waals surface area contributed by atoms with E-state index in [-0.39, 0.29) is 31.4 Å². The average Bonchev–Trinajstić information content (AvgIpc) is 2.52. The third-order valence-electron chi connectivity index (χ3n) is 4.11. The largest absolute Gasteiger partial charge is 0.481 e. The van der Waals surface area contributed by atoms with Gasteiger partial charge in [0.2, 0.25) is 5.91 Å². The first-order valence-electron chi connectivity index (χ1n) is 7.37. The molecule has 0 unspecified atom stereocenters. The van der Waals surface area contributed by atoms with Crippen LogP contribution in [0, 0.1) is 5.92 Å². The number of aliphatic carboxylic acids is 1. The Balaban J connectivity index is 2.14. The van der Waals surface area contributed by atoms with Crippen molar-refractivity contribution in [1.29, 1.82) is 0 Å². The SMILES string of the molecule is C=CC[C@H](CC(=O)N1Cc2ccccc2C[C@H]1CO)C(=O)O. The van der Waals surface area contributed by atoms with Crippen molar-refractivity contribution >= 4 is 11.9 Å². The molecule has 0 fully saturated rings. The van der Waals surface area contributed by atoms with Crippen LogP contribution in [0.1, 0.15) is 24.0 Å². The number of aliphatic hydroxyl groups is 1.